The monoisotopic (exact) mass is 273 g/mol. The second-order valence-corrected chi connectivity index (χ2v) is 5.19. The lowest BCUT2D eigenvalue weighted by atomic mass is 9.98. The Hall–Kier alpha value is -0.540. The predicted molar refractivity (Wildman–Crippen MR) is 71.9 cm³/mol. The largest absolute Gasteiger partial charge is 0.352 e. The van der Waals surface area contributed by atoms with E-state index in [1.54, 1.807) is 6.20 Å². The highest BCUT2D eigenvalue weighted by Gasteiger charge is 2.24. The molecule has 1 aromatic rings. The Morgan fingerprint density at radius 2 is 2.24 bits per heavy atom. The zero-order valence-corrected chi connectivity index (χ0v) is 11.5. The predicted octanol–water partition coefficient (Wildman–Crippen LogP) is 3.94. The molecule has 3 nitrogen and oxygen atoms in total. The smallest absolute Gasteiger partial charge is 0.224 e. The van der Waals surface area contributed by atoms with Crippen molar-refractivity contribution in [3.05, 3.63) is 16.5 Å². The van der Waals surface area contributed by atoms with Gasteiger partial charge < -0.3 is 4.90 Å². The van der Waals surface area contributed by atoms with Gasteiger partial charge in [-0.15, -0.1) is 0 Å². The molecule has 0 N–H and O–H groups in total. The summed E-state index contributed by atoms with van der Waals surface area (Å²) in [5, 5.41) is 0.864. The van der Waals surface area contributed by atoms with E-state index in [0.29, 0.717) is 11.1 Å². The molecule has 1 atom stereocenters. The van der Waals surface area contributed by atoms with Gasteiger partial charge in [0.15, 0.2) is 5.82 Å². The molecule has 1 aromatic heterocycles. The Kier molecular flexibility index (Phi) is 4.46. The summed E-state index contributed by atoms with van der Waals surface area (Å²) in [7, 11) is 0. The number of anilines is 1. The van der Waals surface area contributed by atoms with E-state index in [1.165, 1.54) is 32.1 Å². The van der Waals surface area contributed by atoms with Gasteiger partial charge in [0.1, 0.15) is 5.02 Å². The van der Waals surface area contributed by atoms with Crippen molar-refractivity contribution in [1.82, 2.24) is 9.97 Å². The van der Waals surface area contributed by atoms with Crippen molar-refractivity contribution in [3.8, 4) is 0 Å². The number of aromatic nitrogens is 2. The molecule has 0 spiro atoms. The van der Waals surface area contributed by atoms with Gasteiger partial charge in [0.05, 0.1) is 6.20 Å². The zero-order chi connectivity index (χ0) is 12.3. The van der Waals surface area contributed by atoms with Crippen molar-refractivity contribution in [2.45, 2.75) is 45.1 Å². The van der Waals surface area contributed by atoms with Crippen LogP contribution in [-0.2, 0) is 0 Å². The first-order valence-electron chi connectivity index (χ1n) is 6.17. The molecule has 2 rings (SSSR count). The highest BCUT2D eigenvalue weighted by molar-refractivity contribution is 6.33. The fourth-order valence-electron chi connectivity index (χ4n) is 2.45. The summed E-state index contributed by atoms with van der Waals surface area (Å²) in [5.41, 5.74) is 0. The topological polar surface area (TPSA) is 29.0 Å². The first kappa shape index (κ1) is 12.9. The molecule has 17 heavy (non-hydrogen) atoms. The van der Waals surface area contributed by atoms with Crippen molar-refractivity contribution in [1.29, 1.82) is 0 Å². The SMILES string of the molecule is CCCC1CCCCN1c1nc(Cl)ncc1Cl. The Bertz CT molecular complexity index is 382. The summed E-state index contributed by atoms with van der Waals surface area (Å²) in [6.07, 6.45) is 7.64. The van der Waals surface area contributed by atoms with Gasteiger partial charge in [-0.3, -0.25) is 0 Å². The lowest BCUT2D eigenvalue weighted by Crippen LogP contribution is -2.40. The molecule has 1 fully saturated rings. The third kappa shape index (κ3) is 3.02. The van der Waals surface area contributed by atoms with E-state index in [-0.39, 0.29) is 5.28 Å². The molecule has 0 aromatic carbocycles. The lowest BCUT2D eigenvalue weighted by Gasteiger charge is -2.37. The molecule has 0 aliphatic carbocycles. The number of hydrogen-bond donors (Lipinski definition) is 0. The summed E-state index contributed by atoms with van der Waals surface area (Å²) in [6, 6.07) is 0.539. The average Bonchev–Trinajstić information content (AvgIpc) is 2.34. The maximum absolute atomic E-state index is 6.17. The molecule has 94 valence electrons. The molecule has 1 aliphatic heterocycles. The van der Waals surface area contributed by atoms with Crippen molar-refractivity contribution < 1.29 is 0 Å². The first-order valence-corrected chi connectivity index (χ1v) is 6.92. The normalized spacial score (nSPS) is 20.6. The number of nitrogens with zero attached hydrogens (tertiary/aromatic N) is 3. The van der Waals surface area contributed by atoms with Gasteiger partial charge in [0.2, 0.25) is 5.28 Å². The van der Waals surface area contributed by atoms with Gasteiger partial charge in [0.25, 0.3) is 0 Å². The average molecular weight is 274 g/mol. The van der Waals surface area contributed by atoms with E-state index in [1.807, 2.05) is 0 Å². The quantitative estimate of drug-likeness (QED) is 0.782. The first-order chi connectivity index (χ1) is 8.22. The molecule has 0 bridgehead atoms. The van der Waals surface area contributed by atoms with E-state index < -0.39 is 0 Å². The van der Waals surface area contributed by atoms with E-state index >= 15 is 0 Å². The van der Waals surface area contributed by atoms with Gasteiger partial charge in [-0.2, -0.15) is 4.98 Å². The maximum atomic E-state index is 6.17. The summed E-state index contributed by atoms with van der Waals surface area (Å²) < 4.78 is 0. The lowest BCUT2D eigenvalue weighted by molar-refractivity contribution is 0.432. The van der Waals surface area contributed by atoms with Crippen LogP contribution in [0.3, 0.4) is 0 Å². The van der Waals surface area contributed by atoms with Gasteiger partial charge in [-0.25, -0.2) is 4.98 Å². The Balaban J connectivity index is 2.25. The highest BCUT2D eigenvalue weighted by atomic mass is 35.5. The van der Waals surface area contributed by atoms with Gasteiger partial charge in [0, 0.05) is 12.6 Å². The summed E-state index contributed by atoms with van der Waals surface area (Å²) >= 11 is 12.0. The van der Waals surface area contributed by atoms with E-state index in [2.05, 4.69) is 21.8 Å². The molecule has 2 heterocycles. The molecule has 5 heteroatoms. The van der Waals surface area contributed by atoms with Crippen LogP contribution in [-0.4, -0.2) is 22.6 Å². The second-order valence-electron chi connectivity index (χ2n) is 4.44. The van der Waals surface area contributed by atoms with Crippen LogP contribution in [0.4, 0.5) is 5.82 Å². The summed E-state index contributed by atoms with van der Waals surface area (Å²) in [4.78, 5) is 10.5. The van der Waals surface area contributed by atoms with E-state index in [4.69, 9.17) is 23.2 Å². The van der Waals surface area contributed by atoms with Crippen molar-refractivity contribution in [2.24, 2.45) is 0 Å². The number of hydrogen-bond acceptors (Lipinski definition) is 3. The summed E-state index contributed by atoms with van der Waals surface area (Å²) in [5.74, 6) is 0.796. The van der Waals surface area contributed by atoms with Crippen LogP contribution >= 0.6 is 23.2 Å². The molecular weight excluding hydrogens is 257 g/mol. The van der Waals surface area contributed by atoms with Crippen molar-refractivity contribution in [3.63, 3.8) is 0 Å². The zero-order valence-electron chi connectivity index (χ0n) is 9.99. The van der Waals surface area contributed by atoms with Crippen LogP contribution in [0.25, 0.3) is 0 Å². The number of piperidine rings is 1. The van der Waals surface area contributed by atoms with Crippen LogP contribution in [0, 0.1) is 0 Å². The van der Waals surface area contributed by atoms with Crippen molar-refractivity contribution in [2.75, 3.05) is 11.4 Å². The molecule has 1 saturated heterocycles. The number of rotatable bonds is 3. The van der Waals surface area contributed by atoms with Crippen LogP contribution < -0.4 is 4.90 Å². The van der Waals surface area contributed by atoms with E-state index in [0.717, 1.165) is 12.4 Å². The van der Waals surface area contributed by atoms with Crippen LogP contribution in [0.5, 0.6) is 0 Å². The molecule has 0 amide bonds. The highest BCUT2D eigenvalue weighted by Crippen LogP contribution is 2.31. The number of halogens is 2. The molecular formula is C12H17Cl2N3. The Morgan fingerprint density at radius 3 is 3.00 bits per heavy atom. The second kappa shape index (κ2) is 5.87. The minimum atomic E-state index is 0.269. The fraction of sp³-hybridized carbons (Fsp3) is 0.667. The minimum absolute atomic E-state index is 0.269. The van der Waals surface area contributed by atoms with Crippen molar-refractivity contribution >= 4 is 29.0 Å². The van der Waals surface area contributed by atoms with Crippen LogP contribution in [0.15, 0.2) is 6.20 Å². The summed E-state index contributed by atoms with van der Waals surface area (Å²) in [6.45, 7) is 3.22. The molecule has 1 aliphatic rings. The van der Waals surface area contributed by atoms with Gasteiger partial charge in [-0.05, 0) is 37.3 Å². The maximum Gasteiger partial charge on any atom is 0.224 e. The van der Waals surface area contributed by atoms with Gasteiger partial charge in [-0.1, -0.05) is 24.9 Å². The van der Waals surface area contributed by atoms with Crippen LogP contribution in [0.2, 0.25) is 10.3 Å². The Labute approximate surface area is 112 Å². The van der Waals surface area contributed by atoms with E-state index in [9.17, 15) is 0 Å². The Morgan fingerprint density at radius 1 is 1.41 bits per heavy atom. The minimum Gasteiger partial charge on any atom is -0.352 e. The van der Waals surface area contributed by atoms with Crippen LogP contribution in [0.1, 0.15) is 39.0 Å². The fourth-order valence-corrected chi connectivity index (χ4v) is 2.78. The molecule has 0 radical (unpaired) electrons. The third-order valence-corrected chi connectivity index (χ3v) is 3.67. The molecule has 0 saturated carbocycles. The van der Waals surface area contributed by atoms with Gasteiger partial charge >= 0.3 is 0 Å². The standard InChI is InChI=1S/C12H17Cl2N3/c1-2-5-9-6-3-4-7-17(9)11-10(13)8-15-12(14)16-11/h8-9H,2-7H2,1H3. The molecule has 1 unspecified atom stereocenters. The third-order valence-electron chi connectivity index (χ3n) is 3.22.